The van der Waals surface area contributed by atoms with Gasteiger partial charge in [-0.25, -0.2) is 12.7 Å². The molecule has 1 atom stereocenters. The zero-order valence-electron chi connectivity index (χ0n) is 7.36. The number of hydrogen-bond acceptors (Lipinski definition) is 3. The first-order valence-corrected chi connectivity index (χ1v) is 5.87. The maximum atomic E-state index is 11.4. The lowest BCUT2D eigenvalue weighted by atomic mass is 10.3. The van der Waals surface area contributed by atoms with E-state index in [4.69, 9.17) is 5.73 Å². The van der Waals surface area contributed by atoms with Crippen LogP contribution in [0.15, 0.2) is 0 Å². The Morgan fingerprint density at radius 1 is 1.50 bits per heavy atom. The van der Waals surface area contributed by atoms with E-state index < -0.39 is 10.0 Å². The molecule has 72 valence electrons. The molecule has 0 aliphatic carbocycles. The molecule has 1 heterocycles. The summed E-state index contributed by atoms with van der Waals surface area (Å²) in [6, 6.07) is -0.0714. The lowest BCUT2D eigenvalue weighted by molar-refractivity contribution is 0.367. The molecule has 1 saturated heterocycles. The second kappa shape index (κ2) is 3.72. The summed E-state index contributed by atoms with van der Waals surface area (Å²) < 4.78 is 24.3. The Hall–Kier alpha value is -0.130. The van der Waals surface area contributed by atoms with Crippen LogP contribution >= 0.6 is 0 Å². The van der Waals surface area contributed by atoms with Crippen molar-refractivity contribution in [2.45, 2.75) is 25.8 Å². The third kappa shape index (κ3) is 2.43. The molecule has 0 radical (unpaired) electrons. The monoisotopic (exact) mass is 192 g/mol. The summed E-state index contributed by atoms with van der Waals surface area (Å²) in [7, 11) is -2.97. The minimum Gasteiger partial charge on any atom is -0.327 e. The highest BCUT2D eigenvalue weighted by Gasteiger charge is 2.25. The van der Waals surface area contributed by atoms with Crippen LogP contribution in [0.4, 0.5) is 0 Å². The van der Waals surface area contributed by atoms with Crippen molar-refractivity contribution >= 4 is 10.0 Å². The molecule has 0 aromatic rings. The quantitative estimate of drug-likeness (QED) is 0.656. The van der Waals surface area contributed by atoms with Gasteiger partial charge in [-0.3, -0.25) is 0 Å². The van der Waals surface area contributed by atoms with E-state index in [1.54, 1.807) is 0 Å². The van der Waals surface area contributed by atoms with Gasteiger partial charge >= 0.3 is 0 Å². The highest BCUT2D eigenvalue weighted by atomic mass is 32.2. The van der Waals surface area contributed by atoms with Crippen molar-refractivity contribution in [2.75, 3.05) is 18.8 Å². The van der Waals surface area contributed by atoms with E-state index in [2.05, 4.69) is 0 Å². The highest BCUT2D eigenvalue weighted by Crippen LogP contribution is 2.12. The number of rotatable bonds is 2. The average Bonchev–Trinajstić information content (AvgIpc) is 1.92. The summed E-state index contributed by atoms with van der Waals surface area (Å²) in [5, 5.41) is 0. The van der Waals surface area contributed by atoms with Crippen molar-refractivity contribution in [3.05, 3.63) is 0 Å². The van der Waals surface area contributed by atoms with Crippen molar-refractivity contribution in [1.82, 2.24) is 4.31 Å². The Labute approximate surface area is 73.8 Å². The van der Waals surface area contributed by atoms with Gasteiger partial charge in [-0.1, -0.05) is 0 Å². The first-order chi connectivity index (χ1) is 5.52. The van der Waals surface area contributed by atoms with Crippen molar-refractivity contribution < 1.29 is 8.42 Å². The molecule has 1 rings (SSSR count). The molecule has 12 heavy (non-hydrogen) atoms. The summed E-state index contributed by atoms with van der Waals surface area (Å²) in [6.45, 7) is 2.93. The van der Waals surface area contributed by atoms with E-state index in [9.17, 15) is 8.42 Å². The molecule has 0 saturated carbocycles. The van der Waals surface area contributed by atoms with Gasteiger partial charge in [0.1, 0.15) is 0 Å². The normalized spacial score (nSPS) is 26.8. The summed E-state index contributed by atoms with van der Waals surface area (Å²) in [4.78, 5) is 0. The first-order valence-electron chi connectivity index (χ1n) is 4.26. The maximum absolute atomic E-state index is 11.4. The van der Waals surface area contributed by atoms with E-state index in [1.807, 2.05) is 6.92 Å². The summed E-state index contributed by atoms with van der Waals surface area (Å²) in [5.41, 5.74) is 5.54. The van der Waals surface area contributed by atoms with Gasteiger partial charge in [0.15, 0.2) is 0 Å². The number of nitrogens with zero attached hydrogens (tertiary/aromatic N) is 1. The maximum Gasteiger partial charge on any atom is 0.214 e. The third-order valence-corrected chi connectivity index (χ3v) is 3.87. The van der Waals surface area contributed by atoms with Crippen LogP contribution in [0.1, 0.15) is 19.8 Å². The topological polar surface area (TPSA) is 63.4 Å². The van der Waals surface area contributed by atoms with Crippen LogP contribution in [0.5, 0.6) is 0 Å². The molecule has 0 amide bonds. The fourth-order valence-corrected chi connectivity index (χ4v) is 3.06. The second-order valence-electron chi connectivity index (χ2n) is 3.36. The van der Waals surface area contributed by atoms with Gasteiger partial charge in [0.2, 0.25) is 10.0 Å². The minimum absolute atomic E-state index is 0.0714. The largest absolute Gasteiger partial charge is 0.327 e. The van der Waals surface area contributed by atoms with E-state index in [-0.39, 0.29) is 6.04 Å². The van der Waals surface area contributed by atoms with E-state index in [0.29, 0.717) is 18.8 Å². The third-order valence-electron chi connectivity index (χ3n) is 1.94. The second-order valence-corrected chi connectivity index (χ2v) is 5.45. The molecular formula is C7H16N2O2S. The lowest BCUT2D eigenvalue weighted by Crippen LogP contribution is -2.43. The van der Waals surface area contributed by atoms with Crippen LogP contribution in [0, 0.1) is 0 Å². The van der Waals surface area contributed by atoms with E-state index in [1.165, 1.54) is 4.31 Å². The summed E-state index contributed by atoms with van der Waals surface area (Å²) >= 11 is 0. The standard InChI is InChI=1S/C7H16N2O2S/c1-7(8)6-9-4-2-3-5-12(9,10)11/h7H,2-6,8H2,1H3. The fraction of sp³-hybridized carbons (Fsp3) is 1.00. The van der Waals surface area contributed by atoms with E-state index in [0.717, 1.165) is 12.8 Å². The zero-order chi connectivity index (χ0) is 9.19. The van der Waals surface area contributed by atoms with Crippen molar-refractivity contribution in [3.8, 4) is 0 Å². The molecule has 1 aliphatic rings. The van der Waals surface area contributed by atoms with Crippen molar-refractivity contribution in [1.29, 1.82) is 0 Å². The van der Waals surface area contributed by atoms with Gasteiger partial charge in [-0.15, -0.1) is 0 Å². The Kier molecular flexibility index (Phi) is 3.09. The minimum atomic E-state index is -2.97. The predicted octanol–water partition coefficient (Wildman–Crippen LogP) is -0.241. The molecule has 1 aliphatic heterocycles. The zero-order valence-corrected chi connectivity index (χ0v) is 8.18. The Balaban J connectivity index is 2.61. The lowest BCUT2D eigenvalue weighted by Gasteiger charge is -2.27. The number of nitrogens with two attached hydrogens (primary N) is 1. The van der Waals surface area contributed by atoms with Crippen molar-refractivity contribution in [3.63, 3.8) is 0 Å². The Bertz CT molecular complexity index is 236. The van der Waals surface area contributed by atoms with Gasteiger partial charge in [0, 0.05) is 19.1 Å². The van der Waals surface area contributed by atoms with Crippen molar-refractivity contribution in [2.24, 2.45) is 5.73 Å². The molecule has 2 N–H and O–H groups in total. The van der Waals surface area contributed by atoms with Crippen LogP contribution in [-0.2, 0) is 10.0 Å². The van der Waals surface area contributed by atoms with Gasteiger partial charge < -0.3 is 5.73 Å². The smallest absolute Gasteiger partial charge is 0.214 e. The summed E-state index contributed by atoms with van der Waals surface area (Å²) in [5.74, 6) is 0.291. The molecule has 0 aromatic heterocycles. The molecule has 5 heteroatoms. The predicted molar refractivity (Wildman–Crippen MR) is 48.2 cm³/mol. The summed E-state index contributed by atoms with van der Waals surface area (Å²) in [6.07, 6.45) is 1.75. The number of hydrogen-bond donors (Lipinski definition) is 1. The van der Waals surface area contributed by atoms with Crippen LogP contribution in [0.3, 0.4) is 0 Å². The molecular weight excluding hydrogens is 176 g/mol. The van der Waals surface area contributed by atoms with E-state index >= 15 is 0 Å². The average molecular weight is 192 g/mol. The van der Waals surface area contributed by atoms with Gasteiger partial charge in [-0.05, 0) is 19.8 Å². The van der Waals surface area contributed by atoms with Crippen LogP contribution in [0.25, 0.3) is 0 Å². The molecule has 4 nitrogen and oxygen atoms in total. The van der Waals surface area contributed by atoms with Crippen LogP contribution in [0.2, 0.25) is 0 Å². The highest BCUT2D eigenvalue weighted by molar-refractivity contribution is 7.89. The van der Waals surface area contributed by atoms with Gasteiger partial charge in [0.25, 0.3) is 0 Å². The Morgan fingerprint density at radius 2 is 2.17 bits per heavy atom. The van der Waals surface area contributed by atoms with Gasteiger partial charge in [0.05, 0.1) is 5.75 Å². The SMILES string of the molecule is CC(N)CN1CCCCS1(=O)=O. The molecule has 1 unspecified atom stereocenters. The Morgan fingerprint density at radius 3 is 2.67 bits per heavy atom. The molecule has 0 spiro atoms. The van der Waals surface area contributed by atoms with Gasteiger partial charge in [-0.2, -0.15) is 0 Å². The first kappa shape index (κ1) is 9.95. The molecule has 0 aromatic carbocycles. The van der Waals surface area contributed by atoms with Crippen LogP contribution < -0.4 is 5.73 Å². The van der Waals surface area contributed by atoms with Crippen LogP contribution in [-0.4, -0.2) is 37.6 Å². The molecule has 1 fully saturated rings. The molecule has 0 bridgehead atoms. The number of sulfonamides is 1. The fourth-order valence-electron chi connectivity index (χ4n) is 1.37.